The minimum absolute atomic E-state index is 0.155. The minimum Gasteiger partial charge on any atom is -0.619 e. The second-order valence-corrected chi connectivity index (χ2v) is 6.50. The van der Waals surface area contributed by atoms with Crippen LogP contribution in [0.3, 0.4) is 0 Å². The largest absolute Gasteiger partial charge is 0.619 e. The van der Waals surface area contributed by atoms with E-state index in [-0.39, 0.29) is 12.5 Å². The third-order valence-corrected chi connectivity index (χ3v) is 4.33. The van der Waals surface area contributed by atoms with Gasteiger partial charge >= 0.3 is 0 Å². The van der Waals surface area contributed by atoms with Gasteiger partial charge in [0.15, 0.2) is 30.5 Å². The number of oxime groups is 1. The summed E-state index contributed by atoms with van der Waals surface area (Å²) in [5.74, 6) is 1.29. The fraction of sp³-hybridized carbons (Fsp3) is 0.333. The summed E-state index contributed by atoms with van der Waals surface area (Å²) in [5, 5.41) is 20.8. The number of hydrogen-bond acceptors (Lipinski definition) is 7. The van der Waals surface area contributed by atoms with Crippen LogP contribution in [-0.4, -0.2) is 43.1 Å². The molecule has 0 radical (unpaired) electrons. The third-order valence-electron chi connectivity index (χ3n) is 4.33. The average Bonchev–Trinajstić information content (AvgIpc) is 2.78. The molecule has 0 bridgehead atoms. The van der Waals surface area contributed by atoms with Crippen molar-refractivity contribution < 1.29 is 23.8 Å². The molecule has 0 unspecified atom stereocenters. The molecule has 0 spiro atoms. The number of aromatic nitrogens is 1. The summed E-state index contributed by atoms with van der Waals surface area (Å²) in [4.78, 5) is 17.3. The van der Waals surface area contributed by atoms with Crippen LogP contribution in [0.25, 0.3) is 0 Å². The lowest BCUT2D eigenvalue weighted by atomic mass is 10.0. The van der Waals surface area contributed by atoms with Gasteiger partial charge in [-0.15, -0.1) is 0 Å². The van der Waals surface area contributed by atoms with Crippen molar-refractivity contribution >= 4 is 17.8 Å². The highest BCUT2D eigenvalue weighted by Gasteiger charge is 2.21. The van der Waals surface area contributed by atoms with Gasteiger partial charge in [0.1, 0.15) is 5.75 Å². The Labute approximate surface area is 174 Å². The maximum Gasteiger partial charge on any atom is 0.283 e. The molecular weight excluding hydrogens is 388 g/mol. The van der Waals surface area contributed by atoms with Crippen molar-refractivity contribution in [1.82, 2.24) is 5.01 Å². The molecule has 0 fully saturated rings. The zero-order valence-electron chi connectivity index (χ0n) is 17.0. The summed E-state index contributed by atoms with van der Waals surface area (Å²) in [6.07, 6.45) is 6.56. The van der Waals surface area contributed by atoms with Crippen LogP contribution in [0.2, 0.25) is 0 Å². The summed E-state index contributed by atoms with van der Waals surface area (Å²) >= 11 is 0. The Kier molecular flexibility index (Phi) is 7.20. The van der Waals surface area contributed by atoms with Crippen LogP contribution in [-0.2, 0) is 9.63 Å². The number of methoxy groups -OCH3 is 1. The van der Waals surface area contributed by atoms with E-state index in [0.717, 1.165) is 30.5 Å². The summed E-state index contributed by atoms with van der Waals surface area (Å²) in [6, 6.07) is 8.60. The summed E-state index contributed by atoms with van der Waals surface area (Å²) in [7, 11) is 1.55. The molecular formula is C21H24N4O5. The Hall–Kier alpha value is -3.62. The molecule has 2 heterocycles. The maximum absolute atomic E-state index is 12.3. The second-order valence-electron chi connectivity index (χ2n) is 6.50. The van der Waals surface area contributed by atoms with Crippen molar-refractivity contribution in [2.75, 3.05) is 20.3 Å². The number of hydrazone groups is 1. The molecule has 0 N–H and O–H groups in total. The fourth-order valence-electron chi connectivity index (χ4n) is 2.85. The lowest BCUT2D eigenvalue weighted by Gasteiger charge is -2.23. The molecule has 0 saturated heterocycles. The summed E-state index contributed by atoms with van der Waals surface area (Å²) in [6.45, 7) is 2.31. The molecule has 2 aromatic rings. The van der Waals surface area contributed by atoms with E-state index >= 15 is 0 Å². The molecule has 30 heavy (non-hydrogen) atoms. The SMILES string of the molecule is CC/C=N/OCC(=O)N1CCCC(c2ccc(OC)c(Oc3cc[n+]([O-])cc3)c2)=N1. The first-order valence-corrected chi connectivity index (χ1v) is 9.67. The van der Waals surface area contributed by atoms with Crippen molar-refractivity contribution in [3.63, 3.8) is 0 Å². The molecule has 1 aliphatic heterocycles. The Balaban J connectivity index is 1.78. The van der Waals surface area contributed by atoms with Gasteiger partial charge in [0.25, 0.3) is 5.91 Å². The van der Waals surface area contributed by atoms with Crippen molar-refractivity contribution in [2.24, 2.45) is 10.3 Å². The van der Waals surface area contributed by atoms with E-state index in [1.54, 1.807) is 31.5 Å². The van der Waals surface area contributed by atoms with E-state index in [4.69, 9.17) is 14.3 Å². The molecule has 0 saturated carbocycles. The van der Waals surface area contributed by atoms with E-state index in [2.05, 4.69) is 10.3 Å². The van der Waals surface area contributed by atoms with Crippen LogP contribution in [0, 0.1) is 5.21 Å². The number of rotatable bonds is 8. The van der Waals surface area contributed by atoms with Crippen molar-refractivity contribution in [3.8, 4) is 17.2 Å². The number of ether oxygens (including phenoxy) is 2. The normalized spacial score (nSPS) is 13.8. The van der Waals surface area contributed by atoms with Crippen molar-refractivity contribution in [2.45, 2.75) is 26.2 Å². The van der Waals surface area contributed by atoms with Gasteiger partial charge in [0.2, 0.25) is 0 Å². The summed E-state index contributed by atoms with van der Waals surface area (Å²) < 4.78 is 12.0. The lowest BCUT2D eigenvalue weighted by molar-refractivity contribution is -0.605. The predicted molar refractivity (Wildman–Crippen MR) is 111 cm³/mol. The van der Waals surface area contributed by atoms with Gasteiger partial charge in [0.05, 0.1) is 12.8 Å². The zero-order valence-corrected chi connectivity index (χ0v) is 17.0. The van der Waals surface area contributed by atoms with Gasteiger partial charge < -0.3 is 19.5 Å². The highest BCUT2D eigenvalue weighted by Crippen LogP contribution is 2.33. The summed E-state index contributed by atoms with van der Waals surface area (Å²) in [5.41, 5.74) is 1.59. The van der Waals surface area contributed by atoms with Crippen LogP contribution < -0.4 is 14.2 Å². The van der Waals surface area contributed by atoms with Gasteiger partial charge in [-0.25, -0.2) is 5.01 Å². The number of hydrogen-bond donors (Lipinski definition) is 0. The van der Waals surface area contributed by atoms with Gasteiger partial charge in [-0.05, 0) is 37.5 Å². The van der Waals surface area contributed by atoms with Crippen LogP contribution in [0.1, 0.15) is 31.7 Å². The van der Waals surface area contributed by atoms with Crippen molar-refractivity contribution in [3.05, 3.63) is 53.5 Å². The number of carbonyl (C=O) groups excluding carboxylic acids is 1. The Morgan fingerprint density at radius 3 is 2.83 bits per heavy atom. The molecule has 9 nitrogen and oxygen atoms in total. The first-order chi connectivity index (χ1) is 14.6. The van der Waals surface area contributed by atoms with Crippen LogP contribution in [0.4, 0.5) is 0 Å². The Bertz CT molecular complexity index is 927. The Morgan fingerprint density at radius 1 is 1.30 bits per heavy atom. The first-order valence-electron chi connectivity index (χ1n) is 9.67. The highest BCUT2D eigenvalue weighted by molar-refractivity contribution is 6.02. The zero-order chi connectivity index (χ0) is 21.3. The molecule has 9 heteroatoms. The van der Waals surface area contributed by atoms with E-state index in [1.165, 1.54) is 17.4 Å². The van der Waals surface area contributed by atoms with Crippen LogP contribution >= 0.6 is 0 Å². The van der Waals surface area contributed by atoms with Gasteiger partial charge in [-0.1, -0.05) is 12.1 Å². The number of benzene rings is 1. The fourth-order valence-corrected chi connectivity index (χ4v) is 2.85. The van der Waals surface area contributed by atoms with E-state index in [1.807, 2.05) is 19.1 Å². The smallest absolute Gasteiger partial charge is 0.283 e. The van der Waals surface area contributed by atoms with Crippen LogP contribution in [0.5, 0.6) is 17.2 Å². The molecule has 158 valence electrons. The molecule has 0 aliphatic carbocycles. The molecule has 1 aliphatic rings. The topological polar surface area (TPSA) is 99.7 Å². The second kappa shape index (κ2) is 10.2. The first kappa shape index (κ1) is 21.1. The monoisotopic (exact) mass is 412 g/mol. The molecule has 1 aromatic carbocycles. The Morgan fingerprint density at radius 2 is 2.10 bits per heavy atom. The standard InChI is InChI=1S/C21H24N4O5/c1-3-10-22-29-15-21(26)25-11-4-5-18(23-25)16-6-7-19(28-2)20(14-16)30-17-8-12-24(27)13-9-17/h6-10,12-14H,3-5,11,15H2,1-2H3/b22-10+. The van der Waals surface area contributed by atoms with Crippen molar-refractivity contribution in [1.29, 1.82) is 0 Å². The minimum atomic E-state index is -0.249. The van der Waals surface area contributed by atoms with Gasteiger partial charge in [0, 0.05) is 30.5 Å². The average molecular weight is 412 g/mol. The quantitative estimate of drug-likeness (QED) is 0.287. The van der Waals surface area contributed by atoms with Crippen LogP contribution in [0.15, 0.2) is 53.0 Å². The highest BCUT2D eigenvalue weighted by atomic mass is 16.6. The van der Waals surface area contributed by atoms with E-state index < -0.39 is 0 Å². The molecule has 0 atom stereocenters. The number of amides is 1. The van der Waals surface area contributed by atoms with E-state index in [0.29, 0.717) is 28.5 Å². The maximum atomic E-state index is 12.3. The number of pyridine rings is 1. The predicted octanol–water partition coefficient (Wildman–Crippen LogP) is 2.86. The lowest BCUT2D eigenvalue weighted by Crippen LogP contribution is -2.34. The third kappa shape index (κ3) is 5.47. The van der Waals surface area contributed by atoms with Gasteiger partial charge in [-0.2, -0.15) is 9.83 Å². The number of nitrogens with zero attached hydrogens (tertiary/aromatic N) is 4. The molecule has 3 rings (SSSR count). The molecule has 1 aromatic heterocycles. The number of carbonyl (C=O) groups is 1. The molecule has 1 amide bonds. The van der Waals surface area contributed by atoms with Gasteiger partial charge in [-0.3, -0.25) is 4.79 Å². The van der Waals surface area contributed by atoms with E-state index in [9.17, 15) is 10.0 Å².